The Hall–Kier alpha value is -0.465. The Morgan fingerprint density at radius 2 is 1.90 bits per heavy atom. The van der Waals surface area contributed by atoms with Crippen LogP contribution in [0.15, 0.2) is 0 Å². The fourth-order valence-electron chi connectivity index (χ4n) is 1.50. The maximum atomic E-state index is 10.2. The van der Waals surface area contributed by atoms with Crippen LogP contribution < -0.4 is 0 Å². The van der Waals surface area contributed by atoms with Crippen LogP contribution in [0.1, 0.15) is 32.1 Å². The molecule has 1 aliphatic carbocycles. The molecule has 0 amide bonds. The molecule has 0 aromatic carbocycles. The molecule has 0 aliphatic heterocycles. The van der Waals surface area contributed by atoms with Crippen LogP contribution in [0.5, 0.6) is 0 Å². The van der Waals surface area contributed by atoms with Crippen molar-refractivity contribution >= 4 is 13.1 Å². The molecule has 0 spiro atoms. The number of hydrogen-bond acceptors (Lipinski definition) is 1. The molecule has 1 radical (unpaired) electrons. The van der Waals surface area contributed by atoms with Gasteiger partial charge in [0.1, 0.15) is 0 Å². The quantitative estimate of drug-likeness (QED) is 0.594. The average Bonchev–Trinajstić information content (AvgIpc) is 1.88. The van der Waals surface area contributed by atoms with Crippen LogP contribution in [-0.2, 0) is 0 Å². The Morgan fingerprint density at radius 1 is 1.30 bits per heavy atom. The molecule has 0 bridgehead atoms. The zero-order valence-corrected chi connectivity index (χ0v) is 6.05. The van der Waals surface area contributed by atoms with E-state index in [0.29, 0.717) is 5.82 Å². The fourth-order valence-corrected chi connectivity index (χ4v) is 1.50. The predicted octanol–water partition coefficient (Wildman–Crippen LogP) is 2.12. The second-order valence-electron chi connectivity index (χ2n) is 2.90. The molecule has 2 nitrogen and oxygen atoms in total. The van der Waals surface area contributed by atoms with E-state index >= 15 is 0 Å². The summed E-state index contributed by atoms with van der Waals surface area (Å²) in [5, 5.41) is 8.41. The average molecular weight is 139 g/mol. The second-order valence-corrected chi connectivity index (χ2v) is 2.90. The van der Waals surface area contributed by atoms with Gasteiger partial charge in [0.05, 0.1) is 0 Å². The van der Waals surface area contributed by atoms with Crippen molar-refractivity contribution < 1.29 is 9.90 Å². The van der Waals surface area contributed by atoms with Crippen molar-refractivity contribution in [2.45, 2.75) is 37.9 Å². The summed E-state index contributed by atoms with van der Waals surface area (Å²) in [7, 11) is 1.44. The minimum atomic E-state index is -0.757. The molecular weight excluding hydrogens is 127 g/mol. The van der Waals surface area contributed by atoms with Gasteiger partial charge in [0.25, 0.3) is 7.28 Å². The lowest BCUT2D eigenvalue weighted by atomic mass is 9.59. The Bertz CT molecular complexity index is 119. The Labute approximate surface area is 61.9 Å². The lowest BCUT2D eigenvalue weighted by Crippen LogP contribution is -2.15. The third-order valence-electron chi connectivity index (χ3n) is 2.03. The number of carbonyl (C=O) groups is 1. The molecule has 0 atom stereocenters. The maximum absolute atomic E-state index is 10.2. The highest BCUT2D eigenvalue weighted by atomic mass is 16.4. The van der Waals surface area contributed by atoms with E-state index in [4.69, 9.17) is 5.11 Å². The van der Waals surface area contributed by atoms with Crippen LogP contribution in [-0.4, -0.2) is 18.3 Å². The van der Waals surface area contributed by atoms with E-state index in [2.05, 4.69) is 0 Å². The highest BCUT2D eigenvalue weighted by Crippen LogP contribution is 2.27. The van der Waals surface area contributed by atoms with Crippen LogP contribution >= 0.6 is 0 Å². The summed E-state index contributed by atoms with van der Waals surface area (Å²) in [4.78, 5) is 10.2. The molecule has 0 aromatic heterocycles. The SMILES string of the molecule is O=C(O)[B]C1CCCCC1. The molecule has 1 rings (SSSR count). The molecule has 1 fully saturated rings. The molecule has 0 saturated heterocycles. The summed E-state index contributed by atoms with van der Waals surface area (Å²) in [5.74, 6) is -0.404. The lowest BCUT2D eigenvalue weighted by molar-refractivity contribution is 0.219. The van der Waals surface area contributed by atoms with Gasteiger partial charge < -0.3 is 5.11 Å². The van der Waals surface area contributed by atoms with E-state index < -0.39 is 5.87 Å². The van der Waals surface area contributed by atoms with E-state index in [-0.39, 0.29) is 0 Å². The van der Waals surface area contributed by atoms with E-state index in [9.17, 15) is 4.79 Å². The minimum absolute atomic E-state index is 0.353. The second kappa shape index (κ2) is 3.64. The Kier molecular flexibility index (Phi) is 2.78. The highest BCUT2D eigenvalue weighted by Gasteiger charge is 2.17. The van der Waals surface area contributed by atoms with Gasteiger partial charge in [0.15, 0.2) is 0 Å². The van der Waals surface area contributed by atoms with Gasteiger partial charge in [-0.25, -0.2) is 0 Å². The van der Waals surface area contributed by atoms with Gasteiger partial charge in [0, 0.05) is 0 Å². The number of rotatable bonds is 2. The van der Waals surface area contributed by atoms with Crippen molar-refractivity contribution in [3.63, 3.8) is 0 Å². The summed E-state index contributed by atoms with van der Waals surface area (Å²) in [6.07, 6.45) is 5.84. The van der Waals surface area contributed by atoms with Gasteiger partial charge in [-0.15, -0.1) is 0 Å². The summed E-state index contributed by atoms with van der Waals surface area (Å²) in [6.45, 7) is 0. The van der Waals surface area contributed by atoms with Crippen molar-refractivity contribution in [2.75, 3.05) is 0 Å². The predicted molar refractivity (Wildman–Crippen MR) is 40.6 cm³/mol. The number of hydrogen-bond donors (Lipinski definition) is 1. The first-order valence-electron chi connectivity index (χ1n) is 3.87. The Balaban J connectivity index is 2.19. The maximum Gasteiger partial charge on any atom is 0.264 e. The first kappa shape index (κ1) is 7.64. The molecule has 1 saturated carbocycles. The summed E-state index contributed by atoms with van der Waals surface area (Å²) >= 11 is 0. The van der Waals surface area contributed by atoms with Gasteiger partial charge in [0.2, 0.25) is 5.87 Å². The number of carboxylic acid groups (broad SMARTS) is 1. The summed E-state index contributed by atoms with van der Waals surface area (Å²) in [6, 6.07) is 0. The van der Waals surface area contributed by atoms with Crippen LogP contribution in [0.3, 0.4) is 0 Å². The molecule has 1 aliphatic rings. The third kappa shape index (κ3) is 2.42. The van der Waals surface area contributed by atoms with Gasteiger partial charge in [-0.3, -0.25) is 4.79 Å². The van der Waals surface area contributed by atoms with Crippen molar-refractivity contribution in [2.24, 2.45) is 0 Å². The van der Waals surface area contributed by atoms with Crippen LogP contribution in [0.4, 0.5) is 4.79 Å². The van der Waals surface area contributed by atoms with Gasteiger partial charge >= 0.3 is 0 Å². The molecule has 0 heterocycles. The molecular formula is C7H12BO2. The molecule has 0 aromatic rings. The fraction of sp³-hybridized carbons (Fsp3) is 0.857. The molecule has 55 valence electrons. The van der Waals surface area contributed by atoms with Crippen molar-refractivity contribution in [1.29, 1.82) is 0 Å². The molecule has 1 N–H and O–H groups in total. The van der Waals surface area contributed by atoms with Gasteiger partial charge in [-0.05, 0) is 0 Å². The zero-order chi connectivity index (χ0) is 7.40. The largest absolute Gasteiger partial charge is 0.490 e. The van der Waals surface area contributed by atoms with E-state index in [0.717, 1.165) is 12.8 Å². The lowest BCUT2D eigenvalue weighted by Gasteiger charge is -2.18. The van der Waals surface area contributed by atoms with E-state index in [1.165, 1.54) is 26.5 Å². The first-order valence-corrected chi connectivity index (χ1v) is 3.87. The summed E-state index contributed by atoms with van der Waals surface area (Å²) in [5.41, 5.74) is 0. The van der Waals surface area contributed by atoms with Crippen molar-refractivity contribution in [3.8, 4) is 0 Å². The highest BCUT2D eigenvalue weighted by molar-refractivity contribution is 6.72. The van der Waals surface area contributed by atoms with Gasteiger partial charge in [-0.1, -0.05) is 37.9 Å². The van der Waals surface area contributed by atoms with Crippen LogP contribution in [0.2, 0.25) is 5.82 Å². The first-order chi connectivity index (χ1) is 4.79. The van der Waals surface area contributed by atoms with Crippen LogP contribution in [0, 0.1) is 0 Å². The van der Waals surface area contributed by atoms with Gasteiger partial charge in [-0.2, -0.15) is 0 Å². The molecule has 0 unspecified atom stereocenters. The standard InChI is InChI=1S/C7H12BO2/c9-7(10)8-6-4-2-1-3-5-6/h6H,1-5H2,(H,9,10). The van der Waals surface area contributed by atoms with E-state index in [1.54, 1.807) is 0 Å². The molecule has 3 heteroatoms. The minimum Gasteiger partial charge on any atom is -0.490 e. The smallest absolute Gasteiger partial charge is 0.264 e. The third-order valence-corrected chi connectivity index (χ3v) is 2.03. The summed E-state index contributed by atoms with van der Waals surface area (Å²) < 4.78 is 0. The topological polar surface area (TPSA) is 37.3 Å². The van der Waals surface area contributed by atoms with Crippen LogP contribution in [0.25, 0.3) is 0 Å². The normalized spacial score (nSPS) is 20.4. The van der Waals surface area contributed by atoms with Crippen molar-refractivity contribution in [1.82, 2.24) is 0 Å². The monoisotopic (exact) mass is 139 g/mol. The Morgan fingerprint density at radius 3 is 2.40 bits per heavy atom. The zero-order valence-electron chi connectivity index (χ0n) is 6.05. The van der Waals surface area contributed by atoms with Crippen molar-refractivity contribution in [3.05, 3.63) is 0 Å². The molecule has 10 heavy (non-hydrogen) atoms. The van der Waals surface area contributed by atoms with E-state index in [1.807, 2.05) is 0 Å².